The van der Waals surface area contributed by atoms with Gasteiger partial charge in [-0.1, -0.05) is 24.3 Å². The minimum atomic E-state index is -3.27. The molecule has 1 unspecified atom stereocenters. The summed E-state index contributed by atoms with van der Waals surface area (Å²) in [6.45, 7) is -14.4. The highest BCUT2D eigenvalue weighted by atomic mass is 19.1. The first kappa shape index (κ1) is 14.2. The second kappa shape index (κ2) is 9.52. The molecule has 1 N–H and O–H groups in total. The third kappa shape index (κ3) is 4.41. The van der Waals surface area contributed by atoms with Crippen LogP contribution in [0.3, 0.4) is 0 Å². The van der Waals surface area contributed by atoms with Crippen LogP contribution >= 0.6 is 0 Å². The van der Waals surface area contributed by atoms with Crippen LogP contribution < -0.4 is 10.1 Å². The molecule has 34 heavy (non-hydrogen) atoms. The van der Waals surface area contributed by atoms with Gasteiger partial charge in [0.25, 0.3) is 5.91 Å². The molecule has 3 aliphatic rings. The Bertz CT molecular complexity index is 1500. The van der Waals surface area contributed by atoms with Crippen LogP contribution in [0.25, 0.3) is 0 Å². The fourth-order valence-electron chi connectivity index (χ4n) is 4.00. The van der Waals surface area contributed by atoms with Gasteiger partial charge in [-0.05, 0) is 18.6 Å². The first-order chi connectivity index (χ1) is 19.8. The Morgan fingerprint density at radius 3 is 2.71 bits per heavy atom. The van der Waals surface area contributed by atoms with Crippen molar-refractivity contribution in [2.75, 3.05) is 26.1 Å². The number of benzene rings is 2. The number of ether oxygens (including phenoxy) is 2. The smallest absolute Gasteiger partial charge is 0.255 e. The van der Waals surface area contributed by atoms with Crippen molar-refractivity contribution in [2.24, 2.45) is 0 Å². The van der Waals surface area contributed by atoms with E-state index in [4.69, 9.17) is 17.1 Å². The van der Waals surface area contributed by atoms with Crippen LogP contribution in [-0.4, -0.2) is 59.7 Å². The molecule has 5 rings (SSSR count). The number of halogens is 1. The molecule has 2 aromatic rings. The summed E-state index contributed by atoms with van der Waals surface area (Å²) in [5.74, 6) is -2.83. The molecule has 2 fully saturated rings. The number of hydrogen-bond donors (Lipinski definition) is 1. The minimum absolute atomic E-state index is 0.0567. The van der Waals surface area contributed by atoms with E-state index in [9.17, 15) is 14.4 Å². The average Bonchev–Trinajstić information content (AvgIpc) is 3.25. The standard InChI is InChI=1S/C25H26FN3O5/c26-23-16(13-28-9-11-33-12-10-28)3-1-4-17(23)15-34-21-6-2-5-18-19(21)14-29(25(18)32)20-7-8-22(30)27-24(20)31/h1-6,20H,7-15H2,(H,27,30,31)/i9D2,10D2,11D2,12D2,20D. The van der Waals surface area contributed by atoms with Crippen molar-refractivity contribution < 1.29 is 40.6 Å². The van der Waals surface area contributed by atoms with Gasteiger partial charge in [-0.2, -0.15) is 0 Å². The van der Waals surface area contributed by atoms with Crippen LogP contribution in [0.4, 0.5) is 4.39 Å². The number of imide groups is 1. The Labute approximate surface area is 209 Å². The largest absolute Gasteiger partial charge is 0.488 e. The van der Waals surface area contributed by atoms with Gasteiger partial charge in [0.05, 0.1) is 26.5 Å². The molecule has 178 valence electrons. The van der Waals surface area contributed by atoms with E-state index in [1.165, 1.54) is 36.4 Å². The average molecular weight is 477 g/mol. The Balaban J connectivity index is 1.38. The van der Waals surface area contributed by atoms with Crippen LogP contribution in [-0.2, 0) is 34.0 Å². The molecular weight excluding hydrogens is 441 g/mol. The molecule has 8 nitrogen and oxygen atoms in total. The lowest BCUT2D eigenvalue weighted by Gasteiger charge is -2.29. The summed E-state index contributed by atoms with van der Waals surface area (Å²) in [6, 6.07) is 6.45. The monoisotopic (exact) mass is 476 g/mol. The highest BCUT2D eigenvalue weighted by molar-refractivity contribution is 6.05. The maximum atomic E-state index is 15.7. The second-order valence-corrected chi connectivity index (χ2v) is 7.79. The molecule has 3 amide bonds. The molecular formula is C25H26FN3O5. The molecule has 0 radical (unpaired) electrons. The summed E-state index contributed by atoms with van der Waals surface area (Å²) in [4.78, 5) is 38.5. The van der Waals surface area contributed by atoms with Crippen molar-refractivity contribution in [3.05, 3.63) is 64.5 Å². The van der Waals surface area contributed by atoms with Gasteiger partial charge >= 0.3 is 0 Å². The number of hydrogen-bond acceptors (Lipinski definition) is 6. The Hall–Kier alpha value is -3.30. The number of nitrogens with one attached hydrogen (secondary N) is 1. The number of piperidine rings is 1. The van der Waals surface area contributed by atoms with Gasteiger partial charge in [-0.3, -0.25) is 24.6 Å². The molecule has 2 saturated heterocycles. The first-order valence-electron chi connectivity index (χ1n) is 15.0. The number of rotatable bonds is 6. The third-order valence-corrected chi connectivity index (χ3v) is 5.69. The Kier molecular flexibility index (Phi) is 3.97. The first-order valence-corrected chi connectivity index (χ1v) is 10.5. The number of carbonyl (C=O) groups excluding carboxylic acids is 3. The summed E-state index contributed by atoms with van der Waals surface area (Å²) < 4.78 is 98.5. The normalized spacial score (nSPS) is 32.9. The summed E-state index contributed by atoms with van der Waals surface area (Å²) in [6.07, 6.45) is -0.301. The van der Waals surface area contributed by atoms with Gasteiger partial charge in [0.15, 0.2) is 0 Å². The van der Waals surface area contributed by atoms with Crippen molar-refractivity contribution in [1.82, 2.24) is 15.1 Å². The number of fused-ring (bicyclic) bond motifs is 1. The van der Waals surface area contributed by atoms with E-state index in [1.807, 2.05) is 0 Å². The predicted octanol–water partition coefficient (Wildman–Crippen LogP) is 2.00. The molecule has 2 aromatic carbocycles. The number of nitrogens with zero attached hydrogens (tertiary/aromatic N) is 2. The van der Waals surface area contributed by atoms with Crippen LogP contribution in [0, 0.1) is 5.82 Å². The lowest BCUT2D eigenvalue weighted by Crippen LogP contribution is -2.52. The lowest BCUT2D eigenvalue weighted by molar-refractivity contribution is -0.136. The molecule has 3 heterocycles. The summed E-state index contributed by atoms with van der Waals surface area (Å²) in [5.41, 5.74) is 0.192. The third-order valence-electron chi connectivity index (χ3n) is 5.69. The van der Waals surface area contributed by atoms with Crippen LogP contribution in [0.2, 0.25) is 0 Å². The van der Waals surface area contributed by atoms with Crippen molar-refractivity contribution in [2.45, 2.75) is 38.6 Å². The van der Waals surface area contributed by atoms with Gasteiger partial charge in [0.1, 0.15) is 24.2 Å². The maximum Gasteiger partial charge on any atom is 0.255 e. The zero-order chi connectivity index (χ0) is 31.8. The van der Waals surface area contributed by atoms with Crippen molar-refractivity contribution in [1.29, 1.82) is 0 Å². The Morgan fingerprint density at radius 1 is 1.15 bits per heavy atom. The molecule has 0 saturated carbocycles. The van der Waals surface area contributed by atoms with E-state index in [2.05, 4.69) is 10.1 Å². The van der Waals surface area contributed by atoms with Gasteiger partial charge in [0.2, 0.25) is 11.8 Å². The van der Waals surface area contributed by atoms with E-state index in [1.54, 1.807) is 0 Å². The number of carbonyl (C=O) groups is 3. The minimum Gasteiger partial charge on any atom is -0.488 e. The molecule has 0 aliphatic carbocycles. The SMILES string of the molecule is [2H]C1(N2Cc3c(OCc4cccc(CN5C([2H])([2H])C([2H])([2H])OC([2H])([2H])C5([2H])[2H])c4F)cccc3C2=O)CCC(=O)NC1=O. The molecule has 9 heteroatoms. The van der Waals surface area contributed by atoms with Gasteiger partial charge in [0, 0.05) is 53.7 Å². The zero-order valence-electron chi connectivity index (χ0n) is 26.8. The summed E-state index contributed by atoms with van der Waals surface area (Å²) in [7, 11) is 0. The molecule has 0 spiro atoms. The van der Waals surface area contributed by atoms with Crippen LogP contribution in [0.5, 0.6) is 5.75 Å². The number of amides is 3. The van der Waals surface area contributed by atoms with E-state index in [-0.39, 0.29) is 46.7 Å². The fraction of sp³-hybridized carbons (Fsp3) is 0.400. The topological polar surface area (TPSA) is 88.2 Å². The van der Waals surface area contributed by atoms with Gasteiger partial charge < -0.3 is 14.4 Å². The highest BCUT2D eigenvalue weighted by Crippen LogP contribution is 2.34. The predicted molar refractivity (Wildman–Crippen MR) is 119 cm³/mol. The summed E-state index contributed by atoms with van der Waals surface area (Å²) in [5, 5.41) is 2.08. The van der Waals surface area contributed by atoms with Gasteiger partial charge in [-0.15, -0.1) is 0 Å². The zero-order valence-corrected chi connectivity index (χ0v) is 17.8. The Morgan fingerprint density at radius 2 is 1.91 bits per heavy atom. The van der Waals surface area contributed by atoms with Crippen LogP contribution in [0.15, 0.2) is 36.4 Å². The van der Waals surface area contributed by atoms with Crippen LogP contribution in [0.1, 0.15) is 52.2 Å². The van der Waals surface area contributed by atoms with Crippen molar-refractivity contribution in [3.63, 3.8) is 0 Å². The fourth-order valence-corrected chi connectivity index (χ4v) is 4.00. The highest BCUT2D eigenvalue weighted by Gasteiger charge is 2.40. The maximum absolute atomic E-state index is 15.7. The van der Waals surface area contributed by atoms with Crippen molar-refractivity contribution >= 4 is 17.7 Å². The molecule has 3 aliphatic heterocycles. The summed E-state index contributed by atoms with van der Waals surface area (Å²) >= 11 is 0. The van der Waals surface area contributed by atoms with Crippen molar-refractivity contribution in [3.8, 4) is 5.75 Å². The van der Waals surface area contributed by atoms with E-state index < -0.39 is 68.8 Å². The van der Waals surface area contributed by atoms with E-state index in [0.29, 0.717) is 5.56 Å². The molecule has 0 bridgehead atoms. The molecule has 1 atom stereocenters. The van der Waals surface area contributed by atoms with E-state index >= 15 is 4.39 Å². The van der Waals surface area contributed by atoms with E-state index in [0.717, 1.165) is 4.90 Å². The number of morpholine rings is 1. The lowest BCUT2D eigenvalue weighted by atomic mass is 10.0. The second-order valence-electron chi connectivity index (χ2n) is 7.79. The molecule has 0 aromatic heterocycles. The van der Waals surface area contributed by atoms with Gasteiger partial charge in [-0.25, -0.2) is 4.39 Å². The quantitative estimate of drug-likeness (QED) is 0.642.